The molecular weight excluding hydrogens is 292 g/mol. The van der Waals surface area contributed by atoms with Crippen molar-refractivity contribution in [2.45, 2.75) is 13.8 Å². The Morgan fingerprint density at radius 3 is 2.81 bits per heavy atom. The summed E-state index contributed by atoms with van der Waals surface area (Å²) >= 11 is 1.37. The Kier molecular flexibility index (Phi) is 4.42. The molecule has 0 radical (unpaired) electrons. The smallest absolute Gasteiger partial charge is 0.308 e. The Hall–Kier alpha value is -2.15. The number of hydrogen-bond acceptors (Lipinski definition) is 5. The van der Waals surface area contributed by atoms with Crippen LogP contribution in [0.2, 0.25) is 0 Å². The molecule has 0 aliphatic rings. The van der Waals surface area contributed by atoms with Crippen LogP contribution in [0, 0.1) is 12.8 Å². The maximum atomic E-state index is 12.4. The first-order valence-corrected chi connectivity index (χ1v) is 7.21. The van der Waals surface area contributed by atoms with Crippen molar-refractivity contribution in [3.8, 4) is 10.8 Å². The van der Waals surface area contributed by atoms with Gasteiger partial charge >= 0.3 is 5.97 Å². The van der Waals surface area contributed by atoms with E-state index in [-0.39, 0.29) is 12.5 Å². The molecule has 2 aromatic rings. The maximum absolute atomic E-state index is 12.4. The minimum atomic E-state index is -0.930. The van der Waals surface area contributed by atoms with Crippen molar-refractivity contribution < 1.29 is 19.1 Å². The number of carbonyl (C=O) groups excluding carboxylic acids is 1. The molecule has 7 heteroatoms. The minimum absolute atomic E-state index is 0.140. The van der Waals surface area contributed by atoms with E-state index in [0.717, 1.165) is 4.88 Å². The summed E-state index contributed by atoms with van der Waals surface area (Å²) in [5, 5.41) is 9.54. The van der Waals surface area contributed by atoms with Crippen LogP contribution >= 0.6 is 11.3 Å². The van der Waals surface area contributed by atoms with Crippen LogP contribution in [0.3, 0.4) is 0 Å². The van der Waals surface area contributed by atoms with Gasteiger partial charge in [0.1, 0.15) is 5.69 Å². The Bertz CT molecular complexity index is 648. The first-order chi connectivity index (χ1) is 9.90. The molecule has 1 N–H and O–H groups in total. The van der Waals surface area contributed by atoms with Gasteiger partial charge in [-0.05, 0) is 19.1 Å². The fourth-order valence-electron chi connectivity index (χ4n) is 1.85. The number of aryl methyl sites for hydroxylation is 1. The number of hydrogen-bond donors (Lipinski definition) is 1. The lowest BCUT2D eigenvalue weighted by atomic mass is 10.1. The van der Waals surface area contributed by atoms with E-state index in [1.54, 1.807) is 32.4 Å². The van der Waals surface area contributed by atoms with Crippen LogP contribution in [0.15, 0.2) is 22.8 Å². The molecule has 1 atom stereocenters. The van der Waals surface area contributed by atoms with Crippen LogP contribution in [0.4, 0.5) is 0 Å². The molecule has 0 bridgehead atoms. The Balaban J connectivity index is 2.18. The standard InChI is InChI=1S/C14H16N2O4S/c1-8(14(18)19)7-16(3)13(17)11-9(2)21-12(15-11)10-5-4-6-20-10/h4-6,8H,7H2,1-3H3,(H,18,19). The van der Waals surface area contributed by atoms with Crippen LogP contribution in [0.1, 0.15) is 22.3 Å². The van der Waals surface area contributed by atoms with Gasteiger partial charge in [0, 0.05) is 18.5 Å². The first-order valence-electron chi connectivity index (χ1n) is 6.39. The van der Waals surface area contributed by atoms with Gasteiger partial charge < -0.3 is 14.4 Å². The highest BCUT2D eigenvalue weighted by Crippen LogP contribution is 2.28. The van der Waals surface area contributed by atoms with Crippen molar-refractivity contribution in [1.82, 2.24) is 9.88 Å². The minimum Gasteiger partial charge on any atom is -0.481 e. The number of carboxylic acids is 1. The molecule has 1 unspecified atom stereocenters. The number of amides is 1. The van der Waals surface area contributed by atoms with Gasteiger partial charge in [-0.25, -0.2) is 4.98 Å². The van der Waals surface area contributed by atoms with Crippen LogP contribution < -0.4 is 0 Å². The predicted octanol–water partition coefficient (Wildman–Crippen LogP) is 2.50. The van der Waals surface area contributed by atoms with Crippen LogP contribution in [-0.4, -0.2) is 40.5 Å². The fourth-order valence-corrected chi connectivity index (χ4v) is 2.73. The monoisotopic (exact) mass is 308 g/mol. The highest BCUT2D eigenvalue weighted by molar-refractivity contribution is 7.15. The van der Waals surface area contributed by atoms with Crippen molar-refractivity contribution >= 4 is 23.2 Å². The second-order valence-electron chi connectivity index (χ2n) is 4.83. The summed E-state index contributed by atoms with van der Waals surface area (Å²) in [6.07, 6.45) is 1.55. The zero-order valence-corrected chi connectivity index (χ0v) is 12.8. The summed E-state index contributed by atoms with van der Waals surface area (Å²) in [5.41, 5.74) is 0.339. The van der Waals surface area contributed by atoms with Gasteiger partial charge in [0.25, 0.3) is 5.91 Å². The Morgan fingerprint density at radius 2 is 2.24 bits per heavy atom. The fraction of sp³-hybridized carbons (Fsp3) is 0.357. The number of carboxylic acid groups (broad SMARTS) is 1. The van der Waals surface area contributed by atoms with Gasteiger partial charge in [-0.3, -0.25) is 9.59 Å². The largest absolute Gasteiger partial charge is 0.481 e. The van der Waals surface area contributed by atoms with E-state index in [2.05, 4.69) is 4.98 Å². The molecular formula is C14H16N2O4S. The quantitative estimate of drug-likeness (QED) is 0.917. The van der Waals surface area contributed by atoms with Crippen molar-refractivity contribution in [2.75, 3.05) is 13.6 Å². The van der Waals surface area contributed by atoms with Crippen molar-refractivity contribution in [3.05, 3.63) is 29.0 Å². The molecule has 0 aliphatic carbocycles. The van der Waals surface area contributed by atoms with Gasteiger partial charge in [0.2, 0.25) is 0 Å². The van der Waals surface area contributed by atoms with Gasteiger partial charge in [-0.15, -0.1) is 11.3 Å². The molecule has 6 nitrogen and oxygen atoms in total. The summed E-state index contributed by atoms with van der Waals surface area (Å²) in [4.78, 5) is 29.7. The zero-order chi connectivity index (χ0) is 15.6. The average molecular weight is 308 g/mol. The predicted molar refractivity (Wildman–Crippen MR) is 78.3 cm³/mol. The number of furan rings is 1. The van der Waals surface area contributed by atoms with Crippen LogP contribution in [0.5, 0.6) is 0 Å². The lowest BCUT2D eigenvalue weighted by Crippen LogP contribution is -2.34. The summed E-state index contributed by atoms with van der Waals surface area (Å²) in [7, 11) is 1.58. The summed E-state index contributed by atoms with van der Waals surface area (Å²) < 4.78 is 5.27. The summed E-state index contributed by atoms with van der Waals surface area (Å²) in [6, 6.07) is 3.54. The number of rotatable bonds is 5. The lowest BCUT2D eigenvalue weighted by Gasteiger charge is -2.18. The molecule has 112 valence electrons. The molecule has 0 saturated carbocycles. The molecule has 0 saturated heterocycles. The SMILES string of the molecule is Cc1sc(-c2ccco2)nc1C(=O)N(C)CC(C)C(=O)O. The van der Waals surface area contributed by atoms with Crippen molar-refractivity contribution in [2.24, 2.45) is 5.92 Å². The maximum Gasteiger partial charge on any atom is 0.308 e. The second kappa shape index (κ2) is 6.09. The van der Waals surface area contributed by atoms with E-state index in [1.807, 2.05) is 6.92 Å². The molecule has 2 rings (SSSR count). The van der Waals surface area contributed by atoms with E-state index in [1.165, 1.54) is 16.2 Å². The third-order valence-corrected chi connectivity index (χ3v) is 4.03. The molecule has 1 amide bonds. The molecule has 21 heavy (non-hydrogen) atoms. The Morgan fingerprint density at radius 1 is 1.52 bits per heavy atom. The highest BCUT2D eigenvalue weighted by atomic mass is 32.1. The third kappa shape index (κ3) is 3.30. The number of thiazole rings is 1. The van der Waals surface area contributed by atoms with Gasteiger partial charge in [-0.1, -0.05) is 6.92 Å². The molecule has 2 aromatic heterocycles. The first kappa shape index (κ1) is 15.2. The van der Waals surface area contributed by atoms with Crippen molar-refractivity contribution in [3.63, 3.8) is 0 Å². The van der Waals surface area contributed by atoms with Crippen molar-refractivity contribution in [1.29, 1.82) is 0 Å². The second-order valence-corrected chi connectivity index (χ2v) is 6.03. The molecule has 2 heterocycles. The van der Waals surface area contributed by atoms with E-state index in [9.17, 15) is 9.59 Å². The summed E-state index contributed by atoms with van der Waals surface area (Å²) in [5.74, 6) is -1.22. The van der Waals surface area contributed by atoms with Gasteiger partial charge in [0.05, 0.1) is 12.2 Å². The number of aromatic nitrogens is 1. The van der Waals surface area contributed by atoms with E-state index in [0.29, 0.717) is 16.5 Å². The normalized spacial score (nSPS) is 12.1. The average Bonchev–Trinajstić information content (AvgIpc) is 3.06. The number of carbonyl (C=O) groups is 2. The van der Waals surface area contributed by atoms with Crippen LogP contribution in [-0.2, 0) is 4.79 Å². The van der Waals surface area contributed by atoms with Gasteiger partial charge in [0.15, 0.2) is 10.8 Å². The topological polar surface area (TPSA) is 83.6 Å². The molecule has 0 fully saturated rings. The van der Waals surface area contributed by atoms with E-state index >= 15 is 0 Å². The Labute approximate surface area is 126 Å². The number of nitrogens with zero attached hydrogens (tertiary/aromatic N) is 2. The molecule has 0 spiro atoms. The van der Waals surface area contributed by atoms with E-state index in [4.69, 9.17) is 9.52 Å². The number of aliphatic carboxylic acids is 1. The molecule has 0 aromatic carbocycles. The third-order valence-electron chi connectivity index (χ3n) is 3.05. The van der Waals surface area contributed by atoms with E-state index < -0.39 is 11.9 Å². The summed E-state index contributed by atoms with van der Waals surface area (Å²) in [6.45, 7) is 3.52. The molecule has 0 aliphatic heterocycles. The lowest BCUT2D eigenvalue weighted by molar-refractivity contribution is -0.141. The van der Waals surface area contributed by atoms with Crippen LogP contribution in [0.25, 0.3) is 10.8 Å². The van der Waals surface area contributed by atoms with Gasteiger partial charge in [-0.2, -0.15) is 0 Å². The zero-order valence-electron chi connectivity index (χ0n) is 12.0. The highest BCUT2D eigenvalue weighted by Gasteiger charge is 2.23.